The van der Waals surface area contributed by atoms with E-state index in [0.717, 1.165) is 5.56 Å². The maximum Gasteiger partial charge on any atom is 0.257 e. The number of nitrogens with two attached hydrogens (primary N) is 1. The fourth-order valence-electron chi connectivity index (χ4n) is 2.60. The van der Waals surface area contributed by atoms with Gasteiger partial charge in [0, 0.05) is 13.1 Å². The molecule has 0 bridgehead atoms. The van der Waals surface area contributed by atoms with Crippen LogP contribution in [0, 0.1) is 11.3 Å². The standard InChI is InChI=1S/C16H16N4O2/c17-10-12-13(16(21)20-6-8-22-9-7-20)14(19-15(12)18)11-4-2-1-3-5-11/h1-5,19H,6-9,18H2. The fraction of sp³-hybridized carbons (Fsp3) is 0.250. The van der Waals surface area contributed by atoms with Crippen molar-refractivity contribution in [3.8, 4) is 17.3 Å². The lowest BCUT2D eigenvalue weighted by Gasteiger charge is -2.27. The molecule has 22 heavy (non-hydrogen) atoms. The number of ether oxygens (including phenoxy) is 1. The van der Waals surface area contributed by atoms with Crippen molar-refractivity contribution in [2.45, 2.75) is 0 Å². The van der Waals surface area contributed by atoms with Gasteiger partial charge in [-0.25, -0.2) is 0 Å². The van der Waals surface area contributed by atoms with E-state index in [1.807, 2.05) is 36.4 Å². The monoisotopic (exact) mass is 296 g/mol. The Morgan fingerprint density at radius 2 is 1.95 bits per heavy atom. The van der Waals surface area contributed by atoms with Gasteiger partial charge in [0.1, 0.15) is 17.5 Å². The molecule has 2 aromatic rings. The second-order valence-corrected chi connectivity index (χ2v) is 5.05. The van der Waals surface area contributed by atoms with Crippen LogP contribution < -0.4 is 5.73 Å². The zero-order chi connectivity index (χ0) is 15.5. The van der Waals surface area contributed by atoms with Gasteiger partial charge in [0.05, 0.1) is 24.5 Å². The predicted octanol–water partition coefficient (Wildman–Crippen LogP) is 1.61. The molecule has 1 amide bonds. The number of nitrogens with one attached hydrogen (secondary N) is 1. The number of nitriles is 1. The Labute approximate surface area is 128 Å². The summed E-state index contributed by atoms with van der Waals surface area (Å²) in [6.07, 6.45) is 0. The molecule has 3 N–H and O–H groups in total. The van der Waals surface area contributed by atoms with E-state index in [2.05, 4.69) is 4.98 Å². The first-order valence-corrected chi connectivity index (χ1v) is 7.06. The minimum Gasteiger partial charge on any atom is -0.384 e. The third kappa shape index (κ3) is 2.43. The molecular weight excluding hydrogens is 280 g/mol. The van der Waals surface area contributed by atoms with Crippen molar-refractivity contribution in [1.82, 2.24) is 9.88 Å². The molecule has 2 heterocycles. The van der Waals surface area contributed by atoms with Crippen LogP contribution in [-0.2, 0) is 4.74 Å². The Kier molecular flexibility index (Phi) is 3.81. The molecule has 6 heteroatoms. The average Bonchev–Trinajstić information content (AvgIpc) is 2.92. The van der Waals surface area contributed by atoms with E-state index in [1.54, 1.807) is 4.90 Å². The van der Waals surface area contributed by atoms with Crippen LogP contribution in [0.4, 0.5) is 5.82 Å². The number of nitrogen functional groups attached to an aromatic ring is 1. The molecule has 0 atom stereocenters. The molecule has 0 aliphatic carbocycles. The van der Waals surface area contributed by atoms with Crippen LogP contribution in [-0.4, -0.2) is 42.1 Å². The summed E-state index contributed by atoms with van der Waals surface area (Å²) in [4.78, 5) is 17.5. The van der Waals surface area contributed by atoms with E-state index in [9.17, 15) is 10.1 Å². The highest BCUT2D eigenvalue weighted by Gasteiger charge is 2.27. The third-order valence-electron chi connectivity index (χ3n) is 3.72. The van der Waals surface area contributed by atoms with Gasteiger partial charge in [-0.3, -0.25) is 4.79 Å². The van der Waals surface area contributed by atoms with E-state index in [1.165, 1.54) is 0 Å². The van der Waals surface area contributed by atoms with Crippen molar-refractivity contribution in [3.05, 3.63) is 41.5 Å². The molecular formula is C16H16N4O2. The Hall–Kier alpha value is -2.78. The summed E-state index contributed by atoms with van der Waals surface area (Å²) in [5.74, 6) is 0.0321. The SMILES string of the molecule is N#Cc1c(N)[nH]c(-c2ccccc2)c1C(=O)N1CCOCC1. The number of rotatable bonds is 2. The van der Waals surface area contributed by atoms with E-state index < -0.39 is 0 Å². The molecule has 0 radical (unpaired) electrons. The van der Waals surface area contributed by atoms with Crippen LogP contribution >= 0.6 is 0 Å². The number of nitrogens with zero attached hydrogens (tertiary/aromatic N) is 2. The van der Waals surface area contributed by atoms with Crippen molar-refractivity contribution >= 4 is 11.7 Å². The minimum atomic E-state index is -0.188. The summed E-state index contributed by atoms with van der Waals surface area (Å²) in [7, 11) is 0. The molecule has 6 nitrogen and oxygen atoms in total. The van der Waals surface area contributed by atoms with Gasteiger partial charge in [-0.05, 0) is 5.56 Å². The van der Waals surface area contributed by atoms with Gasteiger partial charge in [-0.1, -0.05) is 30.3 Å². The first kappa shape index (κ1) is 14.2. The van der Waals surface area contributed by atoms with Crippen LogP contribution in [0.25, 0.3) is 11.3 Å². The quantitative estimate of drug-likeness (QED) is 0.880. The second kappa shape index (κ2) is 5.92. The molecule has 1 aromatic carbocycles. The molecule has 1 aromatic heterocycles. The maximum atomic E-state index is 12.8. The van der Waals surface area contributed by atoms with E-state index >= 15 is 0 Å². The van der Waals surface area contributed by atoms with Gasteiger partial charge in [0.15, 0.2) is 0 Å². The first-order valence-electron chi connectivity index (χ1n) is 7.06. The lowest BCUT2D eigenvalue weighted by Crippen LogP contribution is -2.41. The van der Waals surface area contributed by atoms with Gasteiger partial charge in [0.25, 0.3) is 5.91 Å². The van der Waals surface area contributed by atoms with Crippen molar-refractivity contribution in [2.24, 2.45) is 0 Å². The van der Waals surface area contributed by atoms with Crippen molar-refractivity contribution in [2.75, 3.05) is 32.0 Å². The lowest BCUT2D eigenvalue weighted by atomic mass is 10.0. The smallest absolute Gasteiger partial charge is 0.257 e. The first-order chi connectivity index (χ1) is 10.7. The van der Waals surface area contributed by atoms with E-state index in [0.29, 0.717) is 37.6 Å². The largest absolute Gasteiger partial charge is 0.384 e. The van der Waals surface area contributed by atoms with Crippen molar-refractivity contribution < 1.29 is 9.53 Å². The number of hydrogen-bond donors (Lipinski definition) is 2. The average molecular weight is 296 g/mol. The molecule has 0 unspecified atom stereocenters. The van der Waals surface area contributed by atoms with Gasteiger partial charge in [-0.15, -0.1) is 0 Å². The molecule has 112 valence electrons. The lowest BCUT2D eigenvalue weighted by molar-refractivity contribution is 0.0303. The molecule has 3 rings (SSSR count). The Morgan fingerprint density at radius 3 is 2.59 bits per heavy atom. The molecule has 1 aliphatic rings. The highest BCUT2D eigenvalue weighted by molar-refractivity contribution is 6.04. The summed E-state index contributed by atoms with van der Waals surface area (Å²) in [6.45, 7) is 2.05. The zero-order valence-electron chi connectivity index (χ0n) is 12.0. The number of amides is 1. The molecule has 0 spiro atoms. The number of H-pyrrole nitrogens is 1. The van der Waals surface area contributed by atoms with Crippen LogP contribution in [0.3, 0.4) is 0 Å². The predicted molar refractivity (Wildman–Crippen MR) is 82.1 cm³/mol. The molecule has 0 saturated carbocycles. The summed E-state index contributed by atoms with van der Waals surface area (Å²) < 4.78 is 5.27. The van der Waals surface area contributed by atoms with Crippen LogP contribution in [0.2, 0.25) is 0 Å². The Morgan fingerprint density at radius 1 is 1.27 bits per heavy atom. The molecule has 1 aliphatic heterocycles. The van der Waals surface area contributed by atoms with Gasteiger partial charge in [-0.2, -0.15) is 5.26 Å². The number of carbonyl (C=O) groups is 1. The number of aromatic amines is 1. The summed E-state index contributed by atoms with van der Waals surface area (Å²) in [5, 5.41) is 9.36. The fourth-order valence-corrected chi connectivity index (χ4v) is 2.60. The Balaban J connectivity index is 2.09. The topological polar surface area (TPSA) is 95.1 Å². The number of benzene rings is 1. The highest BCUT2D eigenvalue weighted by atomic mass is 16.5. The molecule has 1 fully saturated rings. The number of carbonyl (C=O) groups excluding carboxylic acids is 1. The van der Waals surface area contributed by atoms with Crippen LogP contribution in [0.5, 0.6) is 0 Å². The van der Waals surface area contributed by atoms with E-state index in [4.69, 9.17) is 10.5 Å². The van der Waals surface area contributed by atoms with Crippen LogP contribution in [0.1, 0.15) is 15.9 Å². The van der Waals surface area contributed by atoms with Gasteiger partial charge in [0.2, 0.25) is 0 Å². The van der Waals surface area contributed by atoms with Crippen molar-refractivity contribution in [3.63, 3.8) is 0 Å². The number of morpholine rings is 1. The van der Waals surface area contributed by atoms with E-state index in [-0.39, 0.29) is 17.3 Å². The highest BCUT2D eigenvalue weighted by Crippen LogP contribution is 2.30. The Bertz CT molecular complexity index is 725. The number of anilines is 1. The summed E-state index contributed by atoms with van der Waals surface area (Å²) in [6, 6.07) is 11.4. The third-order valence-corrected chi connectivity index (χ3v) is 3.72. The van der Waals surface area contributed by atoms with Crippen LogP contribution in [0.15, 0.2) is 30.3 Å². The maximum absolute atomic E-state index is 12.8. The summed E-state index contributed by atoms with van der Waals surface area (Å²) in [5.41, 5.74) is 7.84. The van der Waals surface area contributed by atoms with Gasteiger partial charge >= 0.3 is 0 Å². The normalized spacial score (nSPS) is 14.6. The van der Waals surface area contributed by atoms with Crippen molar-refractivity contribution in [1.29, 1.82) is 5.26 Å². The number of hydrogen-bond acceptors (Lipinski definition) is 4. The molecule has 1 saturated heterocycles. The second-order valence-electron chi connectivity index (χ2n) is 5.05. The number of aromatic nitrogens is 1. The van der Waals surface area contributed by atoms with Gasteiger partial charge < -0.3 is 20.4 Å². The zero-order valence-corrected chi connectivity index (χ0v) is 12.0. The summed E-state index contributed by atoms with van der Waals surface area (Å²) >= 11 is 0. The minimum absolute atomic E-state index is 0.188.